The van der Waals surface area contributed by atoms with Gasteiger partial charge in [-0.1, -0.05) is 18.2 Å². The maximum atomic E-state index is 12.3. The number of anilines is 14. The van der Waals surface area contributed by atoms with E-state index in [1.807, 2.05) is 161 Å². The van der Waals surface area contributed by atoms with Gasteiger partial charge in [0.05, 0.1) is 22.0 Å². The monoisotopic (exact) mass is 1760 g/mol. The lowest BCUT2D eigenvalue weighted by atomic mass is 10.1. The molecule has 11 N–H and O–H groups in total. The molecule has 12 aromatic rings. The molecule has 0 bridgehead atoms. The Balaban J connectivity index is 0.000000147. The van der Waals surface area contributed by atoms with Crippen molar-refractivity contribution in [3.63, 3.8) is 0 Å². The molecule has 2 unspecified atom stereocenters. The summed E-state index contributed by atoms with van der Waals surface area (Å²) in [4.78, 5) is 97.0. The van der Waals surface area contributed by atoms with Gasteiger partial charge in [-0.3, -0.25) is 19.8 Å². The number of carbonyl (C=O) groups is 4. The molecule has 12 heterocycles. The number of hydrogen-bond donors (Lipinski definition) is 10. The second-order valence-electron chi connectivity index (χ2n) is 32.9. The molecule has 0 radical (unpaired) electrons. The van der Waals surface area contributed by atoms with Crippen LogP contribution in [0.5, 0.6) is 0 Å². The molecular weight excluding hydrogens is 1650 g/mol. The van der Waals surface area contributed by atoms with Crippen LogP contribution >= 0.6 is 0 Å². The molecule has 0 saturated carbocycles. The van der Waals surface area contributed by atoms with Crippen LogP contribution in [0.15, 0.2) is 201 Å². The molecule has 40 nitrogen and oxygen atoms in total. The van der Waals surface area contributed by atoms with Crippen molar-refractivity contribution in [1.29, 1.82) is 0 Å². The number of nitrogens with one attached hydrogen (secondary N) is 9. The maximum Gasteiger partial charge on any atom is 0.414 e. The van der Waals surface area contributed by atoms with Gasteiger partial charge in [0, 0.05) is 174 Å². The summed E-state index contributed by atoms with van der Waals surface area (Å²) in [6.45, 7) is 26.8. The number of piperidine rings is 2. The van der Waals surface area contributed by atoms with E-state index < -0.39 is 33.4 Å². The minimum atomic E-state index is -3.72. The predicted molar refractivity (Wildman–Crippen MR) is 491 cm³/mol. The summed E-state index contributed by atoms with van der Waals surface area (Å²) >= 11 is 0. The maximum absolute atomic E-state index is 12.3. The Morgan fingerprint density at radius 3 is 1.43 bits per heavy atom. The van der Waals surface area contributed by atoms with Crippen LogP contribution < -0.4 is 67.7 Å². The van der Waals surface area contributed by atoms with E-state index in [4.69, 9.17) is 14.6 Å². The first-order valence-corrected chi connectivity index (χ1v) is 43.8. The second kappa shape index (κ2) is 42.1. The van der Waals surface area contributed by atoms with Gasteiger partial charge in [-0.2, -0.15) is 19.9 Å². The summed E-state index contributed by atoms with van der Waals surface area (Å²) in [5.41, 5.74) is 5.86. The van der Waals surface area contributed by atoms with Crippen molar-refractivity contribution in [1.82, 2.24) is 104 Å². The van der Waals surface area contributed by atoms with E-state index in [2.05, 4.69) is 137 Å². The van der Waals surface area contributed by atoms with Crippen molar-refractivity contribution < 1.29 is 37.1 Å². The molecule has 4 saturated heterocycles. The molecule has 16 rings (SSSR count). The number of carbonyl (C=O) groups excluding carboxylic acids is 4. The minimum absolute atomic E-state index is 0.0477. The van der Waals surface area contributed by atoms with Gasteiger partial charge in [-0.05, 0) is 204 Å². The standard InChI is InChI=1S/C27H36N8O3.C25H32N8O3.C18H22N8O2S.C17H20N8/c1-18-15-33(16-19(2)35(18)20(3)36)24-14-23(12-13-28-24)34-17-29-25(31-34)30-21-8-10-22(11-9-21)32(7)26(37)38-27(4,5)6;1-18(34)31-12-5-13-32(15-14-31)22-16-21(10-11-26-22)33-17-27-23(30-33)28-19-6-8-20(9-7-19)29-24(35)36-25(2,3)4;19-29(27,28)16-5-3-13(4-6-16)24-18-22-12-26(25-18)15-7-9-21-17(10-15)23-14-2-1-8-20-11-14;1-2-5-13(6-3-1)23-17-21-12-25(24-17)16-9-15(19-11-20-16)22-14-7-4-8-18-10-14/h8-14,17-19H,15-16H2,1-7H3,(H,30,31);6-11,16-17H,5,12-15H2,1-4H3,(H,28,30)(H,29,35);3-7,9-10,12,14,20H,1-2,8,11H2,(H,21,23)(H,24,25)(H2,19,27,28);1-3,5-6,9,11-12,14,18H,4,7-8,10H2,(H,23,24)(H,19,20,22)/t18-,19+;;;. The summed E-state index contributed by atoms with van der Waals surface area (Å²) < 4.78 is 40.0. The first kappa shape index (κ1) is 91.4. The Bertz CT molecular complexity index is 5760. The summed E-state index contributed by atoms with van der Waals surface area (Å²) in [7, 11) is -2.04. The molecule has 4 aromatic carbocycles. The third-order valence-corrected chi connectivity index (χ3v) is 21.4. The highest BCUT2D eigenvalue weighted by Gasteiger charge is 2.32. The zero-order valence-electron chi connectivity index (χ0n) is 73.5. The van der Waals surface area contributed by atoms with Gasteiger partial charge in [0.2, 0.25) is 45.6 Å². The minimum Gasteiger partial charge on any atom is -0.444 e. The number of sulfonamides is 1. The number of nitrogens with zero attached hydrogens (tertiary/aromatic N) is 22. The predicted octanol–water partition coefficient (Wildman–Crippen LogP) is 11.2. The number of amides is 4. The van der Waals surface area contributed by atoms with Crippen LogP contribution in [0, 0.1) is 0 Å². The van der Waals surface area contributed by atoms with E-state index in [-0.39, 0.29) is 28.8 Å². The van der Waals surface area contributed by atoms with Gasteiger partial charge < -0.3 is 71.6 Å². The molecule has 4 aliphatic rings. The molecule has 4 fully saturated rings. The van der Waals surface area contributed by atoms with Gasteiger partial charge in [0.1, 0.15) is 66.1 Å². The smallest absolute Gasteiger partial charge is 0.414 e. The number of para-hydroxylation sites is 1. The lowest BCUT2D eigenvalue weighted by Gasteiger charge is -2.44. The molecule has 8 aromatic heterocycles. The molecular formula is C87H110N32O8S. The fraction of sp³-hybridized carbons (Fsp3) is 0.368. The molecule has 4 atom stereocenters. The lowest BCUT2D eigenvalue weighted by molar-refractivity contribution is -0.133. The lowest BCUT2D eigenvalue weighted by Crippen LogP contribution is -2.58. The zero-order chi connectivity index (χ0) is 90.5. The number of piperazine rings is 1. The number of rotatable bonds is 21. The molecule has 128 heavy (non-hydrogen) atoms. The number of hydrogen-bond acceptors (Lipinski definition) is 31. The second-order valence-corrected chi connectivity index (χ2v) is 34.5. The summed E-state index contributed by atoms with van der Waals surface area (Å²) in [6.07, 6.45) is 17.9. The summed E-state index contributed by atoms with van der Waals surface area (Å²) in [6, 6.07) is 44.7. The molecule has 4 aliphatic heterocycles. The third kappa shape index (κ3) is 26.6. The first-order chi connectivity index (χ1) is 61.4. The average Bonchev–Trinajstić information content (AvgIpc) is 1.49. The van der Waals surface area contributed by atoms with Crippen molar-refractivity contribution in [2.75, 3.05) is 124 Å². The van der Waals surface area contributed by atoms with Crippen LogP contribution in [0.4, 0.5) is 90.8 Å². The van der Waals surface area contributed by atoms with Crippen LogP contribution in [0.3, 0.4) is 0 Å². The van der Waals surface area contributed by atoms with Crippen LogP contribution in [0.2, 0.25) is 0 Å². The van der Waals surface area contributed by atoms with E-state index in [1.165, 1.54) is 23.5 Å². The Hall–Kier alpha value is -14.3. The molecule has 41 heteroatoms. The molecule has 0 aliphatic carbocycles. The molecule has 4 amide bonds. The van der Waals surface area contributed by atoms with Crippen LogP contribution in [0.1, 0.15) is 101 Å². The van der Waals surface area contributed by atoms with Crippen molar-refractivity contribution in [2.45, 2.75) is 142 Å². The summed E-state index contributed by atoms with van der Waals surface area (Å²) in [5, 5.41) is 52.0. The number of ether oxygens (including phenoxy) is 2. The van der Waals surface area contributed by atoms with Crippen LogP contribution in [-0.4, -0.2) is 234 Å². The van der Waals surface area contributed by atoms with E-state index in [0.29, 0.717) is 78.4 Å². The number of benzene rings is 4. The number of nitrogens with two attached hydrogens (primary N) is 1. The quantitative estimate of drug-likeness (QED) is 0.0319. The number of aromatic nitrogens is 17. The fourth-order valence-corrected chi connectivity index (χ4v) is 14.9. The van der Waals surface area contributed by atoms with E-state index in [0.717, 1.165) is 129 Å². The molecule has 672 valence electrons. The van der Waals surface area contributed by atoms with Gasteiger partial charge in [-0.25, -0.2) is 66.8 Å². The Morgan fingerprint density at radius 2 is 0.938 bits per heavy atom. The Morgan fingerprint density at radius 1 is 0.477 bits per heavy atom. The van der Waals surface area contributed by atoms with Crippen molar-refractivity contribution in [3.05, 3.63) is 196 Å². The van der Waals surface area contributed by atoms with Gasteiger partial charge in [0.25, 0.3) is 0 Å². The largest absolute Gasteiger partial charge is 0.444 e. The van der Waals surface area contributed by atoms with Crippen molar-refractivity contribution in [2.24, 2.45) is 5.14 Å². The van der Waals surface area contributed by atoms with Crippen molar-refractivity contribution in [3.8, 4) is 22.9 Å². The zero-order valence-corrected chi connectivity index (χ0v) is 74.3. The number of pyridine rings is 3. The van der Waals surface area contributed by atoms with Gasteiger partial charge in [0.15, 0.2) is 5.82 Å². The summed E-state index contributed by atoms with van der Waals surface area (Å²) in [5.74, 6) is 5.93. The van der Waals surface area contributed by atoms with Crippen LogP contribution in [0.25, 0.3) is 22.9 Å². The van der Waals surface area contributed by atoms with E-state index in [9.17, 15) is 27.6 Å². The highest BCUT2D eigenvalue weighted by atomic mass is 32.2. The Labute approximate surface area is 742 Å². The first-order valence-electron chi connectivity index (χ1n) is 42.2. The highest BCUT2D eigenvalue weighted by Crippen LogP contribution is 2.29. The SMILES string of the molecule is CC(=O)N1CCCN(c2cc(-n3cnc(Nc4ccc(NC(=O)OC(C)(C)C)cc4)n3)ccn2)CC1.CC(=O)N1[C@H](C)CN(c2cc(-n3cnc(Nc4ccc(N(C)C(=O)OC(C)(C)C)cc4)n3)ccn2)C[C@@H]1C.NS(=O)(=O)c1ccc(Nc2ncn(-c3ccnc(NC4CCCNC4)c3)n2)cc1.c1ccc(Nc2ncn(-c3cc(NC4CCCNC4)ncn3)n2)cc1. The fourth-order valence-electron chi connectivity index (χ4n) is 14.4. The normalized spacial score (nSPS) is 16.5. The number of primary sulfonamides is 1. The molecule has 0 spiro atoms. The van der Waals surface area contributed by atoms with E-state index in [1.54, 1.807) is 114 Å². The van der Waals surface area contributed by atoms with E-state index >= 15 is 0 Å². The average molecular weight is 1760 g/mol. The van der Waals surface area contributed by atoms with Crippen LogP contribution in [-0.2, 0) is 29.1 Å². The van der Waals surface area contributed by atoms with Gasteiger partial charge >= 0.3 is 12.2 Å². The third-order valence-electron chi connectivity index (χ3n) is 20.5. The highest BCUT2D eigenvalue weighted by molar-refractivity contribution is 7.89. The van der Waals surface area contributed by atoms with Gasteiger partial charge in [-0.15, -0.1) is 20.4 Å². The Kier molecular flexibility index (Phi) is 30.1. The topological polar surface area (TPSA) is 459 Å². The van der Waals surface area contributed by atoms with Crippen molar-refractivity contribution >= 4 is 115 Å².